The number of carboxylic acid groups (broad SMARTS) is 1. The SMILES string of the molecule is CC(=O)N[C@@H](CCCC(N)C(C)=O)C(=O)O. The van der Waals surface area contributed by atoms with Crippen LogP contribution in [0.5, 0.6) is 0 Å². The minimum absolute atomic E-state index is 0.119. The standard InChI is InChI=1S/C10H18N2O4/c1-6(13)8(11)4-3-5-9(10(15)16)12-7(2)14/h8-9H,3-5,11H2,1-2H3,(H,12,14)(H,15,16)/t8?,9-/m0/s1. The van der Waals surface area contributed by atoms with Gasteiger partial charge in [0, 0.05) is 6.92 Å². The highest BCUT2D eigenvalue weighted by atomic mass is 16.4. The van der Waals surface area contributed by atoms with Crippen molar-refractivity contribution in [3.05, 3.63) is 0 Å². The van der Waals surface area contributed by atoms with E-state index < -0.39 is 18.1 Å². The molecule has 6 heteroatoms. The van der Waals surface area contributed by atoms with Crippen molar-refractivity contribution >= 4 is 17.7 Å². The number of carbonyl (C=O) groups excluding carboxylic acids is 2. The molecule has 0 aromatic carbocycles. The van der Waals surface area contributed by atoms with Gasteiger partial charge < -0.3 is 16.2 Å². The normalized spacial score (nSPS) is 13.9. The van der Waals surface area contributed by atoms with E-state index in [4.69, 9.17) is 10.8 Å². The third-order valence-corrected chi connectivity index (χ3v) is 2.21. The second kappa shape index (κ2) is 6.95. The summed E-state index contributed by atoms with van der Waals surface area (Å²) < 4.78 is 0. The van der Waals surface area contributed by atoms with Crippen LogP contribution in [0.25, 0.3) is 0 Å². The van der Waals surface area contributed by atoms with Gasteiger partial charge in [0.2, 0.25) is 5.91 Å². The molecular formula is C10H18N2O4. The zero-order valence-corrected chi connectivity index (χ0v) is 9.53. The maximum atomic E-state index is 10.8. The third-order valence-electron chi connectivity index (χ3n) is 2.21. The van der Waals surface area contributed by atoms with Gasteiger partial charge in [-0.25, -0.2) is 4.79 Å². The van der Waals surface area contributed by atoms with E-state index >= 15 is 0 Å². The number of ketones is 1. The van der Waals surface area contributed by atoms with Crippen LogP contribution in [0.2, 0.25) is 0 Å². The van der Waals surface area contributed by atoms with Crippen LogP contribution in [0.15, 0.2) is 0 Å². The first-order chi connectivity index (χ1) is 7.34. The predicted molar refractivity (Wildman–Crippen MR) is 57.7 cm³/mol. The Balaban J connectivity index is 3.99. The molecule has 0 saturated carbocycles. The zero-order chi connectivity index (χ0) is 12.7. The molecule has 0 heterocycles. The number of hydrogen-bond acceptors (Lipinski definition) is 4. The van der Waals surface area contributed by atoms with Crippen molar-refractivity contribution in [3.8, 4) is 0 Å². The second-order valence-electron chi connectivity index (χ2n) is 3.74. The average Bonchev–Trinajstić information content (AvgIpc) is 2.14. The summed E-state index contributed by atoms with van der Waals surface area (Å²) in [5.41, 5.74) is 5.50. The largest absolute Gasteiger partial charge is 0.480 e. The summed E-state index contributed by atoms with van der Waals surface area (Å²) >= 11 is 0. The lowest BCUT2D eigenvalue weighted by molar-refractivity contribution is -0.141. The summed E-state index contributed by atoms with van der Waals surface area (Å²) in [6, 6.07) is -1.46. The Hall–Kier alpha value is -1.43. The Morgan fingerprint density at radius 1 is 1.25 bits per heavy atom. The van der Waals surface area contributed by atoms with Gasteiger partial charge in [0.15, 0.2) is 0 Å². The topological polar surface area (TPSA) is 109 Å². The number of nitrogens with one attached hydrogen (secondary N) is 1. The van der Waals surface area contributed by atoms with E-state index in [9.17, 15) is 14.4 Å². The first-order valence-electron chi connectivity index (χ1n) is 5.10. The van der Waals surface area contributed by atoms with Crippen molar-refractivity contribution < 1.29 is 19.5 Å². The van der Waals surface area contributed by atoms with Gasteiger partial charge in [0.05, 0.1) is 6.04 Å². The van der Waals surface area contributed by atoms with Crippen molar-refractivity contribution in [2.75, 3.05) is 0 Å². The molecule has 1 amide bonds. The van der Waals surface area contributed by atoms with Crippen LogP contribution in [0.4, 0.5) is 0 Å². The highest BCUT2D eigenvalue weighted by Gasteiger charge is 2.18. The first kappa shape index (κ1) is 14.6. The highest BCUT2D eigenvalue weighted by Crippen LogP contribution is 2.04. The van der Waals surface area contributed by atoms with E-state index in [0.29, 0.717) is 12.8 Å². The summed E-state index contributed by atoms with van der Waals surface area (Å²) in [5, 5.41) is 11.1. The summed E-state index contributed by atoms with van der Waals surface area (Å²) in [4.78, 5) is 32.3. The van der Waals surface area contributed by atoms with Crippen LogP contribution in [0.1, 0.15) is 33.1 Å². The van der Waals surface area contributed by atoms with Gasteiger partial charge in [-0.15, -0.1) is 0 Å². The van der Waals surface area contributed by atoms with Crippen LogP contribution in [0.3, 0.4) is 0 Å². The zero-order valence-electron chi connectivity index (χ0n) is 9.53. The van der Waals surface area contributed by atoms with E-state index in [2.05, 4.69) is 5.32 Å². The molecule has 0 saturated heterocycles. The first-order valence-corrected chi connectivity index (χ1v) is 5.10. The third kappa shape index (κ3) is 6.13. The lowest BCUT2D eigenvalue weighted by Gasteiger charge is -2.14. The van der Waals surface area contributed by atoms with Crippen LogP contribution in [-0.4, -0.2) is 34.8 Å². The summed E-state index contributed by atoms with van der Waals surface area (Å²) in [6.45, 7) is 2.66. The summed E-state index contributed by atoms with van der Waals surface area (Å²) in [6.07, 6.45) is 1.19. The molecular weight excluding hydrogens is 212 g/mol. The number of hydrogen-bond donors (Lipinski definition) is 3. The van der Waals surface area contributed by atoms with E-state index in [0.717, 1.165) is 0 Å². The Kier molecular flexibility index (Phi) is 6.32. The van der Waals surface area contributed by atoms with Crippen molar-refractivity contribution in [2.45, 2.75) is 45.2 Å². The molecule has 4 N–H and O–H groups in total. The number of aliphatic carboxylic acids is 1. The molecule has 92 valence electrons. The molecule has 6 nitrogen and oxygen atoms in total. The van der Waals surface area contributed by atoms with Gasteiger partial charge in [0.1, 0.15) is 11.8 Å². The number of nitrogens with two attached hydrogens (primary N) is 1. The highest BCUT2D eigenvalue weighted by molar-refractivity contribution is 5.82. The molecule has 0 radical (unpaired) electrons. The van der Waals surface area contributed by atoms with Crippen LogP contribution in [0, 0.1) is 0 Å². The number of carbonyl (C=O) groups is 3. The van der Waals surface area contributed by atoms with E-state index in [1.807, 2.05) is 0 Å². The molecule has 1 unspecified atom stereocenters. The van der Waals surface area contributed by atoms with Gasteiger partial charge in [-0.3, -0.25) is 9.59 Å². The van der Waals surface area contributed by atoms with Crippen LogP contribution < -0.4 is 11.1 Å². The van der Waals surface area contributed by atoms with Crippen molar-refractivity contribution in [2.24, 2.45) is 5.73 Å². The predicted octanol–water partition coefficient (Wildman–Crippen LogP) is -0.338. The van der Waals surface area contributed by atoms with E-state index in [-0.39, 0.29) is 18.1 Å². The monoisotopic (exact) mass is 230 g/mol. The Morgan fingerprint density at radius 2 is 1.81 bits per heavy atom. The van der Waals surface area contributed by atoms with Crippen molar-refractivity contribution in [3.63, 3.8) is 0 Å². The molecule has 0 aliphatic rings. The molecule has 0 rings (SSSR count). The summed E-state index contributed by atoms with van der Waals surface area (Å²) in [5.74, 6) is -1.58. The minimum Gasteiger partial charge on any atom is -0.480 e. The van der Waals surface area contributed by atoms with Crippen molar-refractivity contribution in [1.29, 1.82) is 0 Å². The quantitative estimate of drug-likeness (QED) is 0.554. The lowest BCUT2D eigenvalue weighted by Crippen LogP contribution is -2.39. The fourth-order valence-corrected chi connectivity index (χ4v) is 1.25. The van der Waals surface area contributed by atoms with Gasteiger partial charge in [-0.2, -0.15) is 0 Å². The Morgan fingerprint density at radius 3 is 2.19 bits per heavy atom. The molecule has 0 aromatic heterocycles. The minimum atomic E-state index is -1.08. The Bertz CT molecular complexity index is 278. The second-order valence-corrected chi connectivity index (χ2v) is 3.74. The molecule has 0 aromatic rings. The van der Waals surface area contributed by atoms with Gasteiger partial charge in [-0.05, 0) is 26.2 Å². The molecule has 0 aliphatic heterocycles. The fourth-order valence-electron chi connectivity index (χ4n) is 1.25. The number of carboxylic acids is 1. The molecule has 0 aliphatic carbocycles. The number of rotatable bonds is 7. The maximum absolute atomic E-state index is 10.8. The van der Waals surface area contributed by atoms with Gasteiger partial charge >= 0.3 is 5.97 Å². The van der Waals surface area contributed by atoms with E-state index in [1.54, 1.807) is 0 Å². The maximum Gasteiger partial charge on any atom is 0.326 e. The average molecular weight is 230 g/mol. The van der Waals surface area contributed by atoms with Gasteiger partial charge in [-0.1, -0.05) is 0 Å². The number of Topliss-reactive ketones (excluding diaryl/α,β-unsaturated/α-hetero) is 1. The molecule has 16 heavy (non-hydrogen) atoms. The molecule has 2 atom stereocenters. The molecule has 0 bridgehead atoms. The number of amides is 1. The fraction of sp³-hybridized carbons (Fsp3) is 0.700. The van der Waals surface area contributed by atoms with Crippen LogP contribution >= 0.6 is 0 Å². The lowest BCUT2D eigenvalue weighted by atomic mass is 10.0. The molecule has 0 spiro atoms. The van der Waals surface area contributed by atoms with Crippen molar-refractivity contribution in [1.82, 2.24) is 5.32 Å². The van der Waals surface area contributed by atoms with Crippen LogP contribution in [-0.2, 0) is 14.4 Å². The van der Waals surface area contributed by atoms with E-state index in [1.165, 1.54) is 13.8 Å². The molecule has 0 fully saturated rings. The Labute approximate surface area is 94.2 Å². The summed E-state index contributed by atoms with van der Waals surface area (Å²) in [7, 11) is 0. The van der Waals surface area contributed by atoms with Gasteiger partial charge in [0.25, 0.3) is 0 Å². The smallest absolute Gasteiger partial charge is 0.326 e.